The van der Waals surface area contributed by atoms with Crippen LogP contribution in [0.25, 0.3) is 0 Å². The van der Waals surface area contributed by atoms with Crippen molar-refractivity contribution >= 4 is 17.8 Å². The van der Waals surface area contributed by atoms with Crippen molar-refractivity contribution in [1.82, 2.24) is 10.6 Å². The molecule has 2 atom stereocenters. The Morgan fingerprint density at radius 3 is 2.41 bits per heavy atom. The van der Waals surface area contributed by atoms with E-state index >= 15 is 0 Å². The van der Waals surface area contributed by atoms with Crippen molar-refractivity contribution in [3.05, 3.63) is 65.2 Å². The summed E-state index contributed by atoms with van der Waals surface area (Å²) in [6.07, 6.45) is -4.28. The van der Waals surface area contributed by atoms with Gasteiger partial charge in [0.05, 0.1) is 17.7 Å². The molecule has 0 heterocycles. The third kappa shape index (κ3) is 7.90. The van der Waals surface area contributed by atoms with Crippen LogP contribution in [0.2, 0.25) is 0 Å². The molecule has 8 nitrogen and oxygen atoms in total. The zero-order chi connectivity index (χ0) is 25.3. The van der Waals surface area contributed by atoms with Crippen LogP contribution in [-0.4, -0.2) is 36.0 Å². The van der Waals surface area contributed by atoms with Gasteiger partial charge in [-0.3, -0.25) is 9.59 Å². The second kappa shape index (κ2) is 11.8. The molecule has 4 N–H and O–H groups in total. The van der Waals surface area contributed by atoms with Gasteiger partial charge in [0.15, 0.2) is 0 Å². The predicted octanol–water partition coefficient (Wildman–Crippen LogP) is 2.11. The van der Waals surface area contributed by atoms with E-state index in [0.717, 1.165) is 11.6 Å². The van der Waals surface area contributed by atoms with E-state index in [1.807, 2.05) is 30.3 Å². The Kier molecular flexibility index (Phi) is 9.15. The molecule has 2 rings (SSSR count). The number of nitrogens with zero attached hydrogens (tertiary/aromatic N) is 1. The zero-order valence-corrected chi connectivity index (χ0v) is 18.2. The monoisotopic (exact) mass is 476 g/mol. The Morgan fingerprint density at radius 2 is 1.79 bits per heavy atom. The van der Waals surface area contributed by atoms with Crippen LogP contribution >= 0.6 is 0 Å². The topological polar surface area (TPSA) is 134 Å². The number of benzene rings is 2. The average Bonchev–Trinajstić information content (AvgIpc) is 2.81. The second-order valence-corrected chi connectivity index (χ2v) is 7.40. The highest BCUT2D eigenvalue weighted by Gasteiger charge is 2.41. The fraction of sp³-hybridized carbons (Fsp3) is 0.304. The first-order chi connectivity index (χ1) is 16.0. The van der Waals surface area contributed by atoms with Crippen molar-refractivity contribution in [3.8, 4) is 11.8 Å². The van der Waals surface area contributed by atoms with Crippen molar-refractivity contribution in [2.75, 3.05) is 0 Å². The Hall–Kier alpha value is -3.91. The molecule has 0 aromatic heterocycles. The highest BCUT2D eigenvalue weighted by molar-refractivity contribution is 5.89. The van der Waals surface area contributed by atoms with Crippen LogP contribution in [0.3, 0.4) is 0 Å². The molecule has 2 aromatic carbocycles. The van der Waals surface area contributed by atoms with Gasteiger partial charge >= 0.3 is 12.1 Å². The van der Waals surface area contributed by atoms with Crippen LogP contribution in [-0.2, 0) is 27.3 Å². The normalized spacial score (nSPS) is 12.7. The van der Waals surface area contributed by atoms with Crippen molar-refractivity contribution < 1.29 is 32.3 Å². The molecule has 0 saturated carbocycles. The largest absolute Gasteiger partial charge is 0.491 e. The first-order valence-electron chi connectivity index (χ1n) is 10.2. The lowest BCUT2D eigenvalue weighted by molar-refractivity contribution is -0.189. The van der Waals surface area contributed by atoms with E-state index in [4.69, 9.17) is 11.0 Å². The molecule has 2 amide bonds. The Labute approximate surface area is 193 Å². The van der Waals surface area contributed by atoms with E-state index < -0.39 is 41.8 Å². The molecule has 0 aliphatic rings. The van der Waals surface area contributed by atoms with Crippen LogP contribution in [0.5, 0.6) is 5.75 Å². The molecule has 34 heavy (non-hydrogen) atoms. The van der Waals surface area contributed by atoms with Crippen LogP contribution in [0.1, 0.15) is 30.0 Å². The number of esters is 1. The van der Waals surface area contributed by atoms with Gasteiger partial charge in [-0.1, -0.05) is 30.3 Å². The quantitative estimate of drug-likeness (QED) is 0.375. The Bertz CT molecular complexity index is 1070. The number of ether oxygens (including phenoxy) is 1. The van der Waals surface area contributed by atoms with Gasteiger partial charge in [-0.25, -0.2) is 4.79 Å². The predicted molar refractivity (Wildman–Crippen MR) is 115 cm³/mol. The summed E-state index contributed by atoms with van der Waals surface area (Å²) < 4.78 is 41.9. The standard InChI is InChI=1S/C23H23F3N4O4/c1-14(30-21(32)18(28)9-7-15-5-3-2-4-6-15)20(31)29-13-17-11-16(12-27)8-10-19(17)34-22(33)23(24,25)26/h2-6,8,10-11,14,18H,7,9,13,28H2,1H3,(H,29,31)(H,30,32)/t14-,18+/m0/s1. The fourth-order valence-electron chi connectivity index (χ4n) is 2.86. The highest BCUT2D eigenvalue weighted by Crippen LogP contribution is 2.24. The molecule has 0 aliphatic carbocycles. The van der Waals surface area contributed by atoms with Crippen molar-refractivity contribution in [2.24, 2.45) is 5.73 Å². The van der Waals surface area contributed by atoms with Crippen molar-refractivity contribution in [2.45, 2.75) is 44.6 Å². The highest BCUT2D eigenvalue weighted by atomic mass is 19.4. The summed E-state index contributed by atoms with van der Waals surface area (Å²) in [6, 6.07) is 12.8. The number of amides is 2. The number of rotatable bonds is 9. The number of carbonyl (C=O) groups is 3. The molecular weight excluding hydrogens is 453 g/mol. The average molecular weight is 476 g/mol. The number of hydrogen-bond acceptors (Lipinski definition) is 6. The number of halogens is 3. The van der Waals surface area contributed by atoms with Gasteiger partial charge < -0.3 is 21.1 Å². The van der Waals surface area contributed by atoms with E-state index in [9.17, 15) is 27.6 Å². The summed E-state index contributed by atoms with van der Waals surface area (Å²) in [6.45, 7) is 1.06. The van der Waals surface area contributed by atoms with Gasteiger partial charge in [-0.05, 0) is 43.5 Å². The Balaban J connectivity index is 1.94. The molecule has 0 fully saturated rings. The van der Waals surface area contributed by atoms with E-state index in [0.29, 0.717) is 12.8 Å². The van der Waals surface area contributed by atoms with Gasteiger partial charge in [-0.15, -0.1) is 0 Å². The second-order valence-electron chi connectivity index (χ2n) is 7.40. The molecule has 0 unspecified atom stereocenters. The summed E-state index contributed by atoms with van der Waals surface area (Å²) in [5, 5.41) is 13.9. The lowest BCUT2D eigenvalue weighted by Gasteiger charge is -2.18. The summed E-state index contributed by atoms with van der Waals surface area (Å²) in [4.78, 5) is 35.8. The van der Waals surface area contributed by atoms with Gasteiger partial charge in [0.25, 0.3) is 0 Å². The minimum absolute atomic E-state index is 0.0249. The number of carbonyl (C=O) groups excluding carboxylic acids is 3. The van der Waals surface area contributed by atoms with Crippen LogP contribution in [0, 0.1) is 11.3 Å². The third-order valence-electron chi connectivity index (χ3n) is 4.75. The summed E-state index contributed by atoms with van der Waals surface area (Å²) in [7, 11) is 0. The van der Waals surface area contributed by atoms with E-state index in [1.54, 1.807) is 6.07 Å². The lowest BCUT2D eigenvalue weighted by atomic mass is 10.1. The van der Waals surface area contributed by atoms with Crippen LogP contribution in [0.15, 0.2) is 48.5 Å². The number of hydrogen-bond donors (Lipinski definition) is 3. The SMILES string of the molecule is C[C@H](NC(=O)[C@H](N)CCc1ccccc1)C(=O)NCc1cc(C#N)ccc1OC(=O)C(F)(F)F. The Morgan fingerprint density at radius 1 is 1.12 bits per heavy atom. The summed E-state index contributed by atoms with van der Waals surface area (Å²) in [5.74, 6) is -4.08. The maximum Gasteiger partial charge on any atom is 0.491 e. The molecule has 2 aromatic rings. The summed E-state index contributed by atoms with van der Waals surface area (Å²) >= 11 is 0. The minimum atomic E-state index is -5.22. The summed E-state index contributed by atoms with van der Waals surface area (Å²) in [5.41, 5.74) is 6.97. The first kappa shape index (κ1) is 26.3. The number of aryl methyl sites for hydroxylation is 1. The number of alkyl halides is 3. The van der Waals surface area contributed by atoms with Gasteiger partial charge in [0.1, 0.15) is 11.8 Å². The molecule has 0 radical (unpaired) electrons. The number of nitrogens with two attached hydrogens (primary N) is 1. The third-order valence-corrected chi connectivity index (χ3v) is 4.75. The van der Waals surface area contributed by atoms with Crippen molar-refractivity contribution in [3.63, 3.8) is 0 Å². The van der Waals surface area contributed by atoms with E-state index in [-0.39, 0.29) is 17.7 Å². The lowest BCUT2D eigenvalue weighted by Crippen LogP contribution is -2.50. The molecular formula is C23H23F3N4O4. The molecule has 0 bridgehead atoms. The maximum atomic E-state index is 12.5. The number of nitriles is 1. The van der Waals surface area contributed by atoms with E-state index in [2.05, 4.69) is 15.4 Å². The first-order valence-corrected chi connectivity index (χ1v) is 10.2. The molecule has 11 heteroatoms. The molecule has 0 saturated heterocycles. The van der Waals surface area contributed by atoms with Gasteiger partial charge in [0, 0.05) is 12.1 Å². The molecule has 0 spiro atoms. The smallest absolute Gasteiger partial charge is 0.420 e. The van der Waals surface area contributed by atoms with E-state index in [1.165, 1.54) is 19.1 Å². The van der Waals surface area contributed by atoms with Crippen LogP contribution < -0.4 is 21.1 Å². The minimum Gasteiger partial charge on any atom is -0.420 e. The van der Waals surface area contributed by atoms with Gasteiger partial charge in [-0.2, -0.15) is 18.4 Å². The van der Waals surface area contributed by atoms with Crippen LogP contribution in [0.4, 0.5) is 13.2 Å². The number of nitrogens with one attached hydrogen (secondary N) is 2. The molecule has 180 valence electrons. The van der Waals surface area contributed by atoms with Crippen molar-refractivity contribution in [1.29, 1.82) is 5.26 Å². The zero-order valence-electron chi connectivity index (χ0n) is 18.2. The molecule has 0 aliphatic heterocycles. The maximum absolute atomic E-state index is 12.5. The fourth-order valence-corrected chi connectivity index (χ4v) is 2.86. The van der Waals surface area contributed by atoms with Gasteiger partial charge in [0.2, 0.25) is 11.8 Å².